The zero-order chi connectivity index (χ0) is 14.9. The van der Waals surface area contributed by atoms with Crippen LogP contribution in [0.1, 0.15) is 21.7 Å². The highest BCUT2D eigenvalue weighted by Gasteiger charge is 2.14. The van der Waals surface area contributed by atoms with Crippen molar-refractivity contribution >= 4 is 45.4 Å². The monoisotopic (exact) mass is 376 g/mol. The maximum Gasteiger partial charge on any atom is 0.153 e. The van der Waals surface area contributed by atoms with Crippen LogP contribution in [0.3, 0.4) is 0 Å². The van der Waals surface area contributed by atoms with Crippen LogP contribution in [0.4, 0.5) is 0 Å². The van der Waals surface area contributed by atoms with Gasteiger partial charge < -0.3 is 4.74 Å². The molecular weight excluding hydrogens is 367 g/mol. The van der Waals surface area contributed by atoms with Gasteiger partial charge >= 0.3 is 0 Å². The lowest BCUT2D eigenvalue weighted by Crippen LogP contribution is -2.05. The van der Waals surface area contributed by atoms with Gasteiger partial charge in [-0.25, -0.2) is 0 Å². The number of carbonyl (C=O) groups is 1. The van der Waals surface area contributed by atoms with Crippen LogP contribution in [-0.2, 0) is 13.7 Å². The summed E-state index contributed by atoms with van der Waals surface area (Å²) in [6.45, 7) is 2.12. The molecule has 0 aliphatic heterocycles. The van der Waals surface area contributed by atoms with Gasteiger partial charge in [0.2, 0.25) is 0 Å². The minimum absolute atomic E-state index is 0.236. The molecule has 1 heterocycles. The molecule has 0 aliphatic carbocycles. The first-order chi connectivity index (χ1) is 9.43. The molecule has 0 spiro atoms. The third-order valence-corrected chi connectivity index (χ3v) is 4.31. The summed E-state index contributed by atoms with van der Waals surface area (Å²) in [5.74, 6) is 0.316. The third kappa shape index (κ3) is 3.00. The molecule has 0 N–H and O–H groups in total. The molecule has 0 atom stereocenters. The van der Waals surface area contributed by atoms with E-state index in [9.17, 15) is 4.79 Å². The molecule has 4 nitrogen and oxygen atoms in total. The van der Waals surface area contributed by atoms with Gasteiger partial charge in [-0.05, 0) is 35.0 Å². The van der Waals surface area contributed by atoms with Crippen molar-refractivity contribution in [1.29, 1.82) is 0 Å². The van der Waals surface area contributed by atoms with Crippen LogP contribution >= 0.6 is 39.1 Å². The Labute approximate surface area is 134 Å². The van der Waals surface area contributed by atoms with E-state index in [0.717, 1.165) is 15.9 Å². The number of halogens is 3. The van der Waals surface area contributed by atoms with E-state index in [0.29, 0.717) is 27.6 Å². The first kappa shape index (κ1) is 15.4. The van der Waals surface area contributed by atoms with Gasteiger partial charge in [-0.15, -0.1) is 0 Å². The summed E-state index contributed by atoms with van der Waals surface area (Å²) in [7, 11) is 1.82. The third-order valence-electron chi connectivity index (χ3n) is 2.78. The summed E-state index contributed by atoms with van der Waals surface area (Å²) in [6.07, 6.45) is 0.663. The highest BCUT2D eigenvalue weighted by Crippen LogP contribution is 2.32. The lowest BCUT2D eigenvalue weighted by atomic mass is 10.2. The molecule has 0 saturated heterocycles. The molecule has 20 heavy (non-hydrogen) atoms. The predicted molar refractivity (Wildman–Crippen MR) is 81.8 cm³/mol. The van der Waals surface area contributed by atoms with E-state index in [1.807, 2.05) is 14.0 Å². The smallest absolute Gasteiger partial charge is 0.153 e. The first-order valence-corrected chi connectivity index (χ1v) is 7.24. The summed E-state index contributed by atoms with van der Waals surface area (Å²) in [4.78, 5) is 11.1. The lowest BCUT2D eigenvalue weighted by molar-refractivity contribution is 0.111. The van der Waals surface area contributed by atoms with E-state index in [-0.39, 0.29) is 6.61 Å². The summed E-state index contributed by atoms with van der Waals surface area (Å²) < 4.78 is 8.25. The number of benzene rings is 1. The molecule has 0 amide bonds. The molecule has 0 saturated carbocycles. The van der Waals surface area contributed by atoms with Gasteiger partial charge in [0.25, 0.3) is 0 Å². The van der Waals surface area contributed by atoms with Gasteiger partial charge in [-0.1, -0.05) is 23.2 Å². The van der Waals surface area contributed by atoms with Gasteiger partial charge in [0.05, 0.1) is 26.4 Å². The Morgan fingerprint density at radius 3 is 2.70 bits per heavy atom. The first-order valence-electron chi connectivity index (χ1n) is 5.69. The van der Waals surface area contributed by atoms with Crippen molar-refractivity contribution in [2.24, 2.45) is 7.05 Å². The SMILES string of the molecule is Cc1nn(C)c(COc2c(Cl)cc(Cl)cc2C=O)c1Br. The molecular formula is C13H11BrCl2N2O2. The van der Waals surface area contributed by atoms with Crippen molar-refractivity contribution in [2.45, 2.75) is 13.5 Å². The topological polar surface area (TPSA) is 44.1 Å². The van der Waals surface area contributed by atoms with Crippen LogP contribution in [0.2, 0.25) is 10.0 Å². The lowest BCUT2D eigenvalue weighted by Gasteiger charge is -2.11. The molecule has 0 bridgehead atoms. The highest BCUT2D eigenvalue weighted by molar-refractivity contribution is 9.10. The van der Waals surface area contributed by atoms with Crippen molar-refractivity contribution in [2.75, 3.05) is 0 Å². The standard InChI is InChI=1S/C13H11BrCl2N2O2/c1-7-12(14)11(18(2)17-7)6-20-13-8(5-19)3-9(15)4-10(13)16/h3-5H,6H2,1-2H3. The van der Waals surface area contributed by atoms with E-state index >= 15 is 0 Å². The number of hydrogen-bond acceptors (Lipinski definition) is 3. The maximum atomic E-state index is 11.1. The summed E-state index contributed by atoms with van der Waals surface area (Å²) in [5, 5.41) is 4.96. The normalized spacial score (nSPS) is 10.7. The Morgan fingerprint density at radius 1 is 1.45 bits per heavy atom. The van der Waals surface area contributed by atoms with Crippen molar-refractivity contribution in [3.63, 3.8) is 0 Å². The Kier molecular flexibility index (Phi) is 4.73. The minimum atomic E-state index is 0.236. The van der Waals surface area contributed by atoms with Gasteiger partial charge in [0.1, 0.15) is 12.4 Å². The van der Waals surface area contributed by atoms with Gasteiger partial charge in [0.15, 0.2) is 6.29 Å². The Morgan fingerprint density at radius 2 is 2.15 bits per heavy atom. The van der Waals surface area contributed by atoms with Crippen molar-refractivity contribution < 1.29 is 9.53 Å². The highest BCUT2D eigenvalue weighted by atomic mass is 79.9. The van der Waals surface area contributed by atoms with E-state index in [2.05, 4.69) is 21.0 Å². The Balaban J connectivity index is 2.29. The molecule has 106 valence electrons. The zero-order valence-corrected chi connectivity index (χ0v) is 13.9. The quantitative estimate of drug-likeness (QED) is 0.750. The van der Waals surface area contributed by atoms with Crippen molar-refractivity contribution in [1.82, 2.24) is 9.78 Å². The second-order valence-corrected chi connectivity index (χ2v) is 5.82. The van der Waals surface area contributed by atoms with Gasteiger partial charge in [-0.3, -0.25) is 9.48 Å². The molecule has 2 rings (SSSR count). The van der Waals surface area contributed by atoms with Crippen LogP contribution in [0.5, 0.6) is 5.75 Å². The molecule has 0 radical (unpaired) electrons. The number of aryl methyl sites for hydroxylation is 2. The Bertz CT molecular complexity index is 671. The van der Waals surface area contributed by atoms with Crippen LogP contribution in [-0.4, -0.2) is 16.1 Å². The number of hydrogen-bond donors (Lipinski definition) is 0. The molecule has 7 heteroatoms. The molecule has 2 aromatic rings. The molecule has 0 aliphatic rings. The number of rotatable bonds is 4. The second kappa shape index (κ2) is 6.16. The summed E-state index contributed by atoms with van der Waals surface area (Å²) in [6, 6.07) is 3.05. The van der Waals surface area contributed by atoms with E-state index in [1.165, 1.54) is 12.1 Å². The molecule has 0 unspecified atom stereocenters. The van der Waals surface area contributed by atoms with Gasteiger partial charge in [-0.2, -0.15) is 5.10 Å². The minimum Gasteiger partial charge on any atom is -0.485 e. The van der Waals surface area contributed by atoms with Gasteiger partial charge in [0, 0.05) is 12.1 Å². The molecule has 1 aromatic heterocycles. The van der Waals surface area contributed by atoms with Crippen LogP contribution in [0, 0.1) is 6.92 Å². The fraction of sp³-hybridized carbons (Fsp3) is 0.231. The zero-order valence-electron chi connectivity index (χ0n) is 10.8. The predicted octanol–water partition coefficient (Wildman–Crippen LogP) is 4.19. The number of carbonyl (C=O) groups excluding carboxylic acids is 1. The van der Waals surface area contributed by atoms with Crippen molar-refractivity contribution in [3.05, 3.63) is 43.6 Å². The fourth-order valence-corrected chi connectivity index (χ4v) is 2.81. The number of aldehydes is 1. The number of ether oxygens (including phenoxy) is 1. The van der Waals surface area contributed by atoms with E-state index in [1.54, 1.807) is 4.68 Å². The number of aromatic nitrogens is 2. The van der Waals surface area contributed by atoms with Crippen molar-refractivity contribution in [3.8, 4) is 5.75 Å². The summed E-state index contributed by atoms with van der Waals surface area (Å²) >= 11 is 15.4. The molecule has 1 aromatic carbocycles. The van der Waals surface area contributed by atoms with Crippen LogP contribution < -0.4 is 4.74 Å². The fourth-order valence-electron chi connectivity index (χ4n) is 1.80. The van der Waals surface area contributed by atoms with Crippen LogP contribution in [0.25, 0.3) is 0 Å². The average molecular weight is 378 g/mol. The Hall–Kier alpha value is -1.04. The van der Waals surface area contributed by atoms with Crippen LogP contribution in [0.15, 0.2) is 16.6 Å². The second-order valence-electron chi connectivity index (χ2n) is 4.18. The maximum absolute atomic E-state index is 11.1. The van der Waals surface area contributed by atoms with E-state index < -0.39 is 0 Å². The average Bonchev–Trinajstić information content (AvgIpc) is 2.62. The number of nitrogens with zero attached hydrogens (tertiary/aromatic N) is 2. The largest absolute Gasteiger partial charge is 0.485 e. The van der Waals surface area contributed by atoms with E-state index in [4.69, 9.17) is 27.9 Å². The summed E-state index contributed by atoms with van der Waals surface area (Å²) in [5.41, 5.74) is 2.03. The molecule has 0 fully saturated rings.